The Morgan fingerprint density at radius 3 is 2.85 bits per heavy atom. The van der Waals surface area contributed by atoms with Gasteiger partial charge in [-0.3, -0.25) is 9.89 Å². The topological polar surface area (TPSA) is 104 Å². The van der Waals surface area contributed by atoms with E-state index in [0.717, 1.165) is 5.56 Å². The first-order valence-corrected chi connectivity index (χ1v) is 5.80. The molecule has 1 aromatic carbocycles. The molecule has 0 radical (unpaired) electrons. The molecule has 0 fully saturated rings. The predicted molar refractivity (Wildman–Crippen MR) is 70.9 cm³/mol. The van der Waals surface area contributed by atoms with Crippen molar-refractivity contribution in [2.45, 2.75) is 6.42 Å². The summed E-state index contributed by atoms with van der Waals surface area (Å²) in [7, 11) is 1.55. The van der Waals surface area contributed by atoms with Gasteiger partial charge in [0.1, 0.15) is 11.4 Å². The Balaban J connectivity index is 1.99. The second-order valence-electron chi connectivity index (χ2n) is 4.05. The highest BCUT2D eigenvalue weighted by Gasteiger charge is 2.10. The number of carboxylic acid groups (broad SMARTS) is 1. The Morgan fingerprint density at radius 2 is 2.20 bits per heavy atom. The SMILES string of the molecule is COc1cccc(CC(=O)Nc2cc(C(=O)O)[nH]n2)c1. The average Bonchev–Trinajstić information content (AvgIpc) is 2.87. The lowest BCUT2D eigenvalue weighted by molar-refractivity contribution is -0.115. The fourth-order valence-electron chi connectivity index (χ4n) is 1.65. The summed E-state index contributed by atoms with van der Waals surface area (Å²) in [5.74, 6) is -0.578. The Labute approximate surface area is 114 Å². The van der Waals surface area contributed by atoms with Gasteiger partial charge >= 0.3 is 5.97 Å². The highest BCUT2D eigenvalue weighted by molar-refractivity contribution is 5.93. The summed E-state index contributed by atoms with van der Waals surface area (Å²) in [6, 6.07) is 8.39. The van der Waals surface area contributed by atoms with Gasteiger partial charge in [-0.15, -0.1) is 0 Å². The molecule has 0 atom stereocenters. The smallest absolute Gasteiger partial charge is 0.353 e. The van der Waals surface area contributed by atoms with E-state index in [9.17, 15) is 9.59 Å². The fraction of sp³-hybridized carbons (Fsp3) is 0.154. The van der Waals surface area contributed by atoms with E-state index < -0.39 is 5.97 Å². The van der Waals surface area contributed by atoms with Crippen molar-refractivity contribution in [2.75, 3.05) is 12.4 Å². The lowest BCUT2D eigenvalue weighted by Gasteiger charge is -2.04. The largest absolute Gasteiger partial charge is 0.497 e. The summed E-state index contributed by atoms with van der Waals surface area (Å²) in [5.41, 5.74) is 0.706. The van der Waals surface area contributed by atoms with Crippen LogP contribution in [0, 0.1) is 0 Å². The van der Waals surface area contributed by atoms with Crippen LogP contribution in [0.25, 0.3) is 0 Å². The quantitative estimate of drug-likeness (QED) is 0.762. The third-order valence-corrected chi connectivity index (χ3v) is 2.57. The molecule has 1 amide bonds. The molecule has 0 saturated heterocycles. The molecule has 0 bridgehead atoms. The Kier molecular flexibility index (Phi) is 3.99. The number of hydrogen-bond acceptors (Lipinski definition) is 4. The van der Waals surface area contributed by atoms with Crippen LogP contribution in [0.5, 0.6) is 5.75 Å². The molecule has 3 N–H and O–H groups in total. The maximum atomic E-state index is 11.8. The first-order chi connectivity index (χ1) is 9.58. The number of amides is 1. The lowest BCUT2D eigenvalue weighted by Crippen LogP contribution is -2.14. The molecule has 0 aliphatic carbocycles. The van der Waals surface area contributed by atoms with Gasteiger partial charge in [0.2, 0.25) is 5.91 Å². The molecule has 104 valence electrons. The maximum absolute atomic E-state index is 11.8. The van der Waals surface area contributed by atoms with Crippen LogP contribution in [-0.2, 0) is 11.2 Å². The number of H-pyrrole nitrogens is 1. The average molecular weight is 275 g/mol. The standard InChI is InChI=1S/C13H13N3O4/c1-20-9-4-2-3-8(5-9)6-12(17)14-11-7-10(13(18)19)15-16-11/h2-5,7H,6H2,1H3,(H,18,19)(H2,14,15,16,17). The van der Waals surface area contributed by atoms with Crippen molar-refractivity contribution in [3.05, 3.63) is 41.6 Å². The molecule has 0 aliphatic rings. The fourth-order valence-corrected chi connectivity index (χ4v) is 1.65. The van der Waals surface area contributed by atoms with E-state index in [1.807, 2.05) is 0 Å². The number of aromatic nitrogens is 2. The van der Waals surface area contributed by atoms with Crippen molar-refractivity contribution >= 4 is 17.7 Å². The lowest BCUT2D eigenvalue weighted by atomic mass is 10.1. The Hall–Kier alpha value is -2.83. The maximum Gasteiger partial charge on any atom is 0.353 e. The normalized spacial score (nSPS) is 10.1. The van der Waals surface area contributed by atoms with Gasteiger partial charge in [-0.25, -0.2) is 4.79 Å². The van der Waals surface area contributed by atoms with Crippen LogP contribution in [0.1, 0.15) is 16.1 Å². The zero-order valence-electron chi connectivity index (χ0n) is 10.7. The number of anilines is 1. The molecule has 20 heavy (non-hydrogen) atoms. The van der Waals surface area contributed by atoms with Crippen molar-refractivity contribution in [3.63, 3.8) is 0 Å². The molecular formula is C13H13N3O4. The second-order valence-corrected chi connectivity index (χ2v) is 4.05. The molecule has 7 heteroatoms. The number of aromatic carboxylic acids is 1. The van der Waals surface area contributed by atoms with Crippen LogP contribution in [0.4, 0.5) is 5.82 Å². The van der Waals surface area contributed by atoms with E-state index in [0.29, 0.717) is 5.75 Å². The number of carbonyl (C=O) groups excluding carboxylic acids is 1. The van der Waals surface area contributed by atoms with Gasteiger partial charge in [-0.2, -0.15) is 5.10 Å². The van der Waals surface area contributed by atoms with Crippen molar-refractivity contribution in [2.24, 2.45) is 0 Å². The van der Waals surface area contributed by atoms with Gasteiger partial charge < -0.3 is 15.2 Å². The molecule has 1 heterocycles. The van der Waals surface area contributed by atoms with Gasteiger partial charge in [0.25, 0.3) is 0 Å². The van der Waals surface area contributed by atoms with Gasteiger partial charge in [-0.1, -0.05) is 12.1 Å². The zero-order chi connectivity index (χ0) is 14.5. The Bertz CT molecular complexity index is 636. The number of ether oxygens (including phenoxy) is 1. The monoisotopic (exact) mass is 275 g/mol. The third-order valence-electron chi connectivity index (χ3n) is 2.57. The number of hydrogen-bond donors (Lipinski definition) is 3. The van der Waals surface area contributed by atoms with Gasteiger partial charge in [-0.05, 0) is 17.7 Å². The second kappa shape index (κ2) is 5.87. The third kappa shape index (κ3) is 3.35. The van der Waals surface area contributed by atoms with E-state index in [4.69, 9.17) is 9.84 Å². The number of nitrogens with one attached hydrogen (secondary N) is 2. The molecule has 0 spiro atoms. The summed E-state index contributed by atoms with van der Waals surface area (Å²) in [4.78, 5) is 22.5. The van der Waals surface area contributed by atoms with Gasteiger partial charge in [0.05, 0.1) is 13.5 Å². The van der Waals surface area contributed by atoms with Crippen molar-refractivity contribution < 1.29 is 19.4 Å². The molecule has 2 rings (SSSR count). The molecule has 2 aromatic rings. The molecule has 7 nitrogen and oxygen atoms in total. The Morgan fingerprint density at radius 1 is 1.40 bits per heavy atom. The zero-order valence-corrected chi connectivity index (χ0v) is 10.7. The van der Waals surface area contributed by atoms with E-state index in [-0.39, 0.29) is 23.8 Å². The van der Waals surface area contributed by atoms with Crippen molar-refractivity contribution in [1.29, 1.82) is 0 Å². The molecule has 0 aliphatic heterocycles. The highest BCUT2D eigenvalue weighted by atomic mass is 16.5. The summed E-state index contributed by atoms with van der Waals surface area (Å²) < 4.78 is 5.07. The van der Waals surface area contributed by atoms with Gasteiger partial charge in [0, 0.05) is 6.07 Å². The highest BCUT2D eigenvalue weighted by Crippen LogP contribution is 2.13. The first-order valence-electron chi connectivity index (χ1n) is 5.80. The number of aromatic amines is 1. The molecule has 1 aromatic heterocycles. The number of carbonyl (C=O) groups is 2. The van der Waals surface area contributed by atoms with E-state index in [2.05, 4.69) is 15.5 Å². The van der Waals surface area contributed by atoms with Crippen LogP contribution in [-0.4, -0.2) is 34.3 Å². The summed E-state index contributed by atoms with van der Waals surface area (Å²) in [5, 5.41) is 17.2. The minimum absolute atomic E-state index is 0.0818. The number of rotatable bonds is 5. The number of carboxylic acids is 1. The first kappa shape index (κ1) is 13.6. The number of nitrogens with zero attached hydrogens (tertiary/aromatic N) is 1. The van der Waals surface area contributed by atoms with Gasteiger partial charge in [0.15, 0.2) is 5.82 Å². The molecule has 0 unspecified atom stereocenters. The minimum atomic E-state index is -1.13. The van der Waals surface area contributed by atoms with Crippen LogP contribution >= 0.6 is 0 Å². The summed E-state index contributed by atoms with van der Waals surface area (Å²) in [6.45, 7) is 0. The van der Waals surface area contributed by atoms with Crippen molar-refractivity contribution in [1.82, 2.24) is 10.2 Å². The van der Waals surface area contributed by atoms with E-state index in [1.165, 1.54) is 6.07 Å². The van der Waals surface area contributed by atoms with Crippen molar-refractivity contribution in [3.8, 4) is 5.75 Å². The predicted octanol–water partition coefficient (Wildman–Crippen LogP) is 1.30. The van der Waals surface area contributed by atoms with E-state index >= 15 is 0 Å². The van der Waals surface area contributed by atoms with Crippen LogP contribution in [0.2, 0.25) is 0 Å². The number of methoxy groups -OCH3 is 1. The van der Waals surface area contributed by atoms with E-state index in [1.54, 1.807) is 31.4 Å². The molecule has 0 saturated carbocycles. The summed E-state index contributed by atoms with van der Waals surface area (Å²) >= 11 is 0. The van der Waals surface area contributed by atoms with Crippen LogP contribution in [0.15, 0.2) is 30.3 Å². The minimum Gasteiger partial charge on any atom is -0.497 e. The van der Waals surface area contributed by atoms with Crippen LogP contribution < -0.4 is 10.1 Å². The molecular weight excluding hydrogens is 262 g/mol. The van der Waals surface area contributed by atoms with Crippen LogP contribution in [0.3, 0.4) is 0 Å². The number of benzene rings is 1. The summed E-state index contributed by atoms with van der Waals surface area (Å²) in [6.07, 6.45) is 0.145.